The van der Waals surface area contributed by atoms with Gasteiger partial charge in [-0.15, -0.1) is 0 Å². The second-order valence-corrected chi connectivity index (χ2v) is 7.08. The summed E-state index contributed by atoms with van der Waals surface area (Å²) in [7, 11) is 0. The van der Waals surface area contributed by atoms with Crippen LogP contribution in [-0.2, 0) is 4.79 Å². The zero-order valence-corrected chi connectivity index (χ0v) is 15.5. The lowest BCUT2D eigenvalue weighted by atomic mass is 9.91. The van der Waals surface area contributed by atoms with Crippen LogP contribution in [0.3, 0.4) is 0 Å². The highest BCUT2D eigenvalue weighted by molar-refractivity contribution is 6.21. The number of hydrazone groups is 1. The Balaban J connectivity index is 1.73. The molecule has 5 rings (SSSR count). The van der Waals surface area contributed by atoms with Crippen molar-refractivity contribution in [3.05, 3.63) is 90.3 Å². The standard InChI is InChI=1S/C24H19N3O/c1-16(28)27-23(21-12-6-7-13-25-21)15-22(26-27)24-19-10-4-2-8-17(19)14-18-9-3-5-11-20(18)24/h2-14,23H,15H2,1H3/t23-/m1/s1. The Labute approximate surface area is 163 Å². The molecule has 0 bridgehead atoms. The van der Waals surface area contributed by atoms with Gasteiger partial charge >= 0.3 is 0 Å². The number of amides is 1. The van der Waals surface area contributed by atoms with Gasteiger partial charge in [0.15, 0.2) is 0 Å². The number of fused-ring (bicyclic) bond motifs is 2. The van der Waals surface area contributed by atoms with Crippen LogP contribution < -0.4 is 0 Å². The number of nitrogens with zero attached hydrogens (tertiary/aromatic N) is 3. The molecule has 136 valence electrons. The van der Waals surface area contributed by atoms with Gasteiger partial charge in [0.1, 0.15) is 6.04 Å². The van der Waals surface area contributed by atoms with E-state index < -0.39 is 0 Å². The molecule has 0 unspecified atom stereocenters. The largest absolute Gasteiger partial charge is 0.273 e. The number of rotatable bonds is 2. The minimum absolute atomic E-state index is 0.0739. The molecule has 0 fully saturated rings. The molecular weight excluding hydrogens is 346 g/mol. The minimum Gasteiger partial charge on any atom is -0.273 e. The summed E-state index contributed by atoms with van der Waals surface area (Å²) in [5.74, 6) is -0.0739. The van der Waals surface area contributed by atoms with Gasteiger partial charge in [0.2, 0.25) is 5.91 Å². The van der Waals surface area contributed by atoms with E-state index in [1.807, 2.05) is 18.2 Å². The van der Waals surface area contributed by atoms with Gasteiger partial charge < -0.3 is 0 Å². The number of aromatic nitrogens is 1. The Morgan fingerprint density at radius 3 is 2.18 bits per heavy atom. The van der Waals surface area contributed by atoms with Gasteiger partial charge in [-0.1, -0.05) is 54.6 Å². The maximum atomic E-state index is 12.3. The Bertz CT molecular complexity index is 1180. The fraction of sp³-hybridized carbons (Fsp3) is 0.125. The molecular formula is C24H19N3O. The molecule has 0 radical (unpaired) electrons. The molecule has 0 N–H and O–H groups in total. The summed E-state index contributed by atoms with van der Waals surface area (Å²) in [6, 6.07) is 24.5. The molecule has 0 saturated heterocycles. The Kier molecular flexibility index (Phi) is 3.90. The molecule has 3 aromatic carbocycles. The van der Waals surface area contributed by atoms with Crippen molar-refractivity contribution in [2.24, 2.45) is 5.10 Å². The Hall–Kier alpha value is -3.53. The third-order valence-electron chi connectivity index (χ3n) is 5.32. The van der Waals surface area contributed by atoms with Crippen LogP contribution in [0.4, 0.5) is 0 Å². The molecule has 1 aliphatic rings. The highest BCUT2D eigenvalue weighted by atomic mass is 16.2. The van der Waals surface area contributed by atoms with Gasteiger partial charge in [-0.25, -0.2) is 5.01 Å². The predicted molar refractivity (Wildman–Crippen MR) is 112 cm³/mol. The van der Waals surface area contributed by atoms with Crippen LogP contribution in [0.1, 0.15) is 30.6 Å². The van der Waals surface area contributed by atoms with Crippen molar-refractivity contribution in [2.45, 2.75) is 19.4 Å². The zero-order chi connectivity index (χ0) is 19.1. The molecule has 4 heteroatoms. The van der Waals surface area contributed by atoms with Crippen LogP contribution in [0, 0.1) is 0 Å². The van der Waals surface area contributed by atoms with Crippen molar-refractivity contribution in [1.29, 1.82) is 0 Å². The van der Waals surface area contributed by atoms with Gasteiger partial charge in [0.25, 0.3) is 0 Å². The molecule has 2 heterocycles. The Morgan fingerprint density at radius 1 is 0.929 bits per heavy atom. The van der Waals surface area contributed by atoms with E-state index in [0.717, 1.165) is 27.7 Å². The second kappa shape index (κ2) is 6.57. The van der Waals surface area contributed by atoms with Crippen molar-refractivity contribution in [3.63, 3.8) is 0 Å². The number of pyridine rings is 1. The molecule has 28 heavy (non-hydrogen) atoms. The lowest BCUT2D eigenvalue weighted by molar-refractivity contribution is -0.130. The average molecular weight is 365 g/mol. The molecule has 0 aliphatic carbocycles. The number of hydrogen-bond acceptors (Lipinski definition) is 3. The number of benzene rings is 3. The van der Waals surface area contributed by atoms with E-state index in [2.05, 4.69) is 59.6 Å². The van der Waals surface area contributed by atoms with Crippen LogP contribution in [0.5, 0.6) is 0 Å². The number of hydrogen-bond donors (Lipinski definition) is 0. The SMILES string of the molecule is CC(=O)N1N=C(c2c3ccccc3cc3ccccc23)C[C@@H]1c1ccccn1. The normalized spacial score (nSPS) is 16.5. The van der Waals surface area contributed by atoms with E-state index in [0.29, 0.717) is 6.42 Å². The van der Waals surface area contributed by atoms with Crippen molar-refractivity contribution in [1.82, 2.24) is 9.99 Å². The van der Waals surface area contributed by atoms with Gasteiger partial charge in [-0.3, -0.25) is 9.78 Å². The Morgan fingerprint density at radius 2 is 1.57 bits per heavy atom. The molecule has 0 spiro atoms. The van der Waals surface area contributed by atoms with Gasteiger partial charge in [-0.2, -0.15) is 5.10 Å². The van der Waals surface area contributed by atoms with Crippen LogP contribution in [0.2, 0.25) is 0 Å². The molecule has 4 aromatic rings. The monoisotopic (exact) mass is 365 g/mol. The van der Waals surface area contributed by atoms with Crippen LogP contribution >= 0.6 is 0 Å². The number of carbonyl (C=O) groups is 1. The highest BCUT2D eigenvalue weighted by Crippen LogP contribution is 2.36. The number of carbonyl (C=O) groups excluding carboxylic acids is 1. The summed E-state index contributed by atoms with van der Waals surface area (Å²) in [5, 5.41) is 11.0. The molecule has 1 aromatic heterocycles. The van der Waals surface area contributed by atoms with E-state index in [-0.39, 0.29) is 11.9 Å². The third-order valence-corrected chi connectivity index (χ3v) is 5.32. The summed E-state index contributed by atoms with van der Waals surface area (Å²) >= 11 is 0. The van der Waals surface area contributed by atoms with E-state index in [1.165, 1.54) is 10.8 Å². The highest BCUT2D eigenvalue weighted by Gasteiger charge is 2.33. The maximum Gasteiger partial charge on any atom is 0.240 e. The first-order valence-corrected chi connectivity index (χ1v) is 9.41. The predicted octanol–water partition coefficient (Wildman–Crippen LogP) is 5.09. The summed E-state index contributed by atoms with van der Waals surface area (Å²) in [6.45, 7) is 1.56. The second-order valence-electron chi connectivity index (χ2n) is 7.08. The van der Waals surface area contributed by atoms with E-state index in [1.54, 1.807) is 18.1 Å². The van der Waals surface area contributed by atoms with Crippen molar-refractivity contribution >= 4 is 33.2 Å². The quantitative estimate of drug-likeness (QED) is 0.465. The first-order chi connectivity index (χ1) is 13.7. The zero-order valence-electron chi connectivity index (χ0n) is 15.5. The van der Waals surface area contributed by atoms with Crippen LogP contribution in [0.15, 0.2) is 84.1 Å². The molecule has 1 atom stereocenters. The first kappa shape index (κ1) is 16.6. The fourth-order valence-electron chi connectivity index (χ4n) is 4.08. The van der Waals surface area contributed by atoms with Gasteiger partial charge in [0.05, 0.1) is 11.4 Å². The molecule has 1 aliphatic heterocycles. The molecule has 0 saturated carbocycles. The van der Waals surface area contributed by atoms with Gasteiger partial charge in [0, 0.05) is 25.1 Å². The minimum atomic E-state index is -0.175. The lowest BCUT2D eigenvalue weighted by Crippen LogP contribution is -2.24. The maximum absolute atomic E-state index is 12.3. The van der Waals surface area contributed by atoms with E-state index >= 15 is 0 Å². The fourth-order valence-corrected chi connectivity index (χ4v) is 4.08. The third kappa shape index (κ3) is 2.65. The first-order valence-electron chi connectivity index (χ1n) is 9.41. The van der Waals surface area contributed by atoms with E-state index in [9.17, 15) is 4.79 Å². The molecule has 1 amide bonds. The molecule has 4 nitrogen and oxygen atoms in total. The summed E-state index contributed by atoms with van der Waals surface area (Å²) in [5.41, 5.74) is 2.90. The lowest BCUT2D eigenvalue weighted by Gasteiger charge is -2.19. The van der Waals surface area contributed by atoms with Gasteiger partial charge in [-0.05, 0) is 39.7 Å². The van der Waals surface area contributed by atoms with Crippen LogP contribution in [0.25, 0.3) is 21.5 Å². The van der Waals surface area contributed by atoms with Crippen molar-refractivity contribution < 1.29 is 4.79 Å². The van der Waals surface area contributed by atoms with E-state index in [4.69, 9.17) is 5.10 Å². The van der Waals surface area contributed by atoms with Crippen molar-refractivity contribution in [3.8, 4) is 0 Å². The topological polar surface area (TPSA) is 45.6 Å². The van der Waals surface area contributed by atoms with Crippen molar-refractivity contribution in [2.75, 3.05) is 0 Å². The smallest absolute Gasteiger partial charge is 0.240 e. The van der Waals surface area contributed by atoms with Crippen LogP contribution in [-0.4, -0.2) is 21.6 Å². The summed E-state index contributed by atoms with van der Waals surface area (Å²) in [4.78, 5) is 16.8. The summed E-state index contributed by atoms with van der Waals surface area (Å²) in [6.07, 6.45) is 2.41. The summed E-state index contributed by atoms with van der Waals surface area (Å²) < 4.78 is 0. The average Bonchev–Trinajstić information content (AvgIpc) is 3.18.